The van der Waals surface area contributed by atoms with Gasteiger partial charge in [-0.15, -0.1) is 0 Å². The lowest BCUT2D eigenvalue weighted by Gasteiger charge is -2.20. The van der Waals surface area contributed by atoms with Crippen molar-refractivity contribution in [2.45, 2.75) is 32.9 Å². The van der Waals surface area contributed by atoms with Crippen LogP contribution in [-0.4, -0.2) is 41.5 Å². The van der Waals surface area contributed by atoms with Crippen LogP contribution in [0.4, 0.5) is 0 Å². The fourth-order valence-corrected chi connectivity index (χ4v) is 4.20. The number of pyridine rings is 1. The molecule has 2 aromatic heterocycles. The number of amides is 2. The van der Waals surface area contributed by atoms with Crippen molar-refractivity contribution in [3.63, 3.8) is 0 Å². The van der Waals surface area contributed by atoms with Crippen molar-refractivity contribution in [3.8, 4) is 5.75 Å². The number of ether oxygens (including phenoxy) is 1. The second kappa shape index (κ2) is 9.36. The number of hydrogen-bond donors (Lipinski definition) is 1. The van der Waals surface area contributed by atoms with Crippen LogP contribution in [0.3, 0.4) is 0 Å². The molecule has 1 aliphatic rings. The van der Waals surface area contributed by atoms with Gasteiger partial charge in [-0.2, -0.15) is 0 Å². The number of hydrogen-bond acceptors (Lipinski definition) is 5. The Morgan fingerprint density at radius 2 is 1.94 bits per heavy atom. The van der Waals surface area contributed by atoms with Gasteiger partial charge in [0.05, 0.1) is 19.4 Å². The Balaban J connectivity index is 1.64. The summed E-state index contributed by atoms with van der Waals surface area (Å²) in [5.74, 6) is 0.382. The van der Waals surface area contributed by atoms with Gasteiger partial charge in [0, 0.05) is 43.4 Å². The van der Waals surface area contributed by atoms with Gasteiger partial charge >= 0.3 is 0 Å². The van der Waals surface area contributed by atoms with Gasteiger partial charge in [-0.05, 0) is 38.1 Å². The van der Waals surface area contributed by atoms with Gasteiger partial charge in [-0.1, -0.05) is 17.7 Å². The van der Waals surface area contributed by atoms with E-state index in [2.05, 4.69) is 5.32 Å². The Labute approximate surface area is 191 Å². The number of nitrogens with zero attached hydrogens (tertiary/aromatic N) is 2. The first-order valence-corrected chi connectivity index (χ1v) is 10.9. The maximum atomic E-state index is 13.3. The highest BCUT2D eigenvalue weighted by atomic mass is 16.5. The number of carbonyl (C=O) groups excluding carboxylic acids is 2. The zero-order chi connectivity index (χ0) is 23.5. The quantitative estimate of drug-likeness (QED) is 0.646. The molecule has 0 aliphatic carbocycles. The van der Waals surface area contributed by atoms with E-state index in [1.165, 1.54) is 13.2 Å². The minimum atomic E-state index is -0.366. The summed E-state index contributed by atoms with van der Waals surface area (Å²) in [5.41, 5.74) is 2.21. The summed E-state index contributed by atoms with van der Waals surface area (Å²) in [7, 11) is 1.43. The summed E-state index contributed by atoms with van der Waals surface area (Å²) in [6, 6.07) is 11.9. The Bertz CT molecular complexity index is 1230. The van der Waals surface area contributed by atoms with Crippen LogP contribution < -0.4 is 15.6 Å². The van der Waals surface area contributed by atoms with Gasteiger partial charge in [0.15, 0.2) is 0 Å². The molecule has 8 nitrogen and oxygen atoms in total. The number of methoxy groups -OCH3 is 1. The molecule has 172 valence electrons. The SMILES string of the molecule is COc1cc(=O)n2c(c1C(=O)NC(C)c1ccco1)CCN(C(=O)c1cccc(C)c1)CC2. The number of aromatic nitrogens is 1. The summed E-state index contributed by atoms with van der Waals surface area (Å²) < 4.78 is 12.4. The maximum absolute atomic E-state index is 13.3. The summed E-state index contributed by atoms with van der Waals surface area (Å²) in [4.78, 5) is 40.9. The van der Waals surface area contributed by atoms with Crippen LogP contribution in [0.2, 0.25) is 0 Å². The molecule has 0 spiro atoms. The van der Waals surface area contributed by atoms with Crippen LogP contribution in [0.5, 0.6) is 5.75 Å². The summed E-state index contributed by atoms with van der Waals surface area (Å²) in [6.07, 6.45) is 1.90. The molecule has 1 aliphatic heterocycles. The van der Waals surface area contributed by atoms with Crippen LogP contribution in [0, 0.1) is 6.92 Å². The molecular weight excluding hydrogens is 422 g/mol. The van der Waals surface area contributed by atoms with E-state index in [0.29, 0.717) is 48.6 Å². The van der Waals surface area contributed by atoms with Gasteiger partial charge in [0.2, 0.25) is 0 Å². The second-order valence-electron chi connectivity index (χ2n) is 8.15. The van der Waals surface area contributed by atoms with Crippen LogP contribution in [0.1, 0.15) is 50.7 Å². The number of benzene rings is 1. The van der Waals surface area contributed by atoms with Crippen LogP contribution in [-0.2, 0) is 13.0 Å². The van der Waals surface area contributed by atoms with Crippen LogP contribution in [0.15, 0.2) is 57.9 Å². The molecule has 1 atom stereocenters. The fourth-order valence-electron chi connectivity index (χ4n) is 4.20. The van der Waals surface area contributed by atoms with Gasteiger partial charge in [0.1, 0.15) is 17.1 Å². The smallest absolute Gasteiger partial charge is 0.257 e. The normalized spacial score (nSPS) is 14.2. The Morgan fingerprint density at radius 3 is 2.64 bits per heavy atom. The first kappa shape index (κ1) is 22.4. The highest BCUT2D eigenvalue weighted by Gasteiger charge is 2.28. The third kappa shape index (κ3) is 4.55. The number of nitrogens with one attached hydrogen (secondary N) is 1. The number of rotatable bonds is 5. The first-order valence-electron chi connectivity index (χ1n) is 10.9. The number of aryl methyl sites for hydroxylation is 1. The molecule has 4 rings (SSSR count). The van der Waals surface area contributed by atoms with Crippen molar-refractivity contribution in [1.82, 2.24) is 14.8 Å². The monoisotopic (exact) mass is 449 g/mol. The van der Waals surface area contributed by atoms with Crippen molar-refractivity contribution >= 4 is 11.8 Å². The minimum absolute atomic E-state index is 0.0936. The lowest BCUT2D eigenvalue weighted by molar-refractivity contribution is 0.0759. The molecular formula is C25H27N3O5. The molecule has 0 bridgehead atoms. The van der Waals surface area contributed by atoms with Crippen molar-refractivity contribution in [2.75, 3.05) is 20.2 Å². The van der Waals surface area contributed by atoms with Crippen molar-refractivity contribution in [2.24, 2.45) is 0 Å². The molecule has 1 N–H and O–H groups in total. The Kier molecular flexibility index (Phi) is 6.35. The van der Waals surface area contributed by atoms with Gasteiger partial charge in [-0.25, -0.2) is 0 Å². The first-order chi connectivity index (χ1) is 15.9. The summed E-state index contributed by atoms with van der Waals surface area (Å²) in [6.45, 7) is 4.81. The van der Waals surface area contributed by atoms with Gasteiger partial charge in [0.25, 0.3) is 17.4 Å². The van der Waals surface area contributed by atoms with Crippen LogP contribution >= 0.6 is 0 Å². The largest absolute Gasteiger partial charge is 0.496 e. The third-order valence-electron chi connectivity index (χ3n) is 5.91. The van der Waals surface area contributed by atoms with E-state index in [-0.39, 0.29) is 29.2 Å². The zero-order valence-corrected chi connectivity index (χ0v) is 19.0. The molecule has 8 heteroatoms. The molecule has 0 fully saturated rings. The molecule has 3 aromatic rings. The van der Waals surface area contributed by atoms with Crippen molar-refractivity contribution < 1.29 is 18.7 Å². The molecule has 0 radical (unpaired) electrons. The van der Waals surface area contributed by atoms with E-state index in [0.717, 1.165) is 5.56 Å². The Morgan fingerprint density at radius 1 is 1.12 bits per heavy atom. The fraction of sp³-hybridized carbons (Fsp3) is 0.320. The lowest BCUT2D eigenvalue weighted by Crippen LogP contribution is -2.34. The predicted molar refractivity (Wildman–Crippen MR) is 123 cm³/mol. The van der Waals surface area contributed by atoms with E-state index in [1.54, 1.807) is 33.9 Å². The average Bonchev–Trinajstić information content (AvgIpc) is 3.25. The zero-order valence-electron chi connectivity index (χ0n) is 19.0. The minimum Gasteiger partial charge on any atom is -0.496 e. The standard InChI is InChI=1S/C25H27N3O5/c1-16-6-4-7-18(14-16)25(31)27-10-9-19-23(21(32-3)15-22(29)28(19)12-11-27)24(30)26-17(2)20-8-5-13-33-20/h4-8,13-15,17H,9-12H2,1-3H3,(H,26,30). The second-order valence-corrected chi connectivity index (χ2v) is 8.15. The number of fused-ring (bicyclic) bond motifs is 1. The lowest BCUT2D eigenvalue weighted by atomic mass is 10.1. The van der Waals surface area contributed by atoms with E-state index in [1.807, 2.05) is 32.0 Å². The van der Waals surface area contributed by atoms with Crippen molar-refractivity contribution in [1.29, 1.82) is 0 Å². The molecule has 0 saturated heterocycles. The molecule has 1 unspecified atom stereocenters. The predicted octanol–water partition coefficient (Wildman–Crippen LogP) is 2.95. The molecule has 33 heavy (non-hydrogen) atoms. The summed E-state index contributed by atoms with van der Waals surface area (Å²) >= 11 is 0. The molecule has 1 aromatic carbocycles. The maximum Gasteiger partial charge on any atom is 0.257 e. The Hall–Kier alpha value is -3.81. The van der Waals surface area contributed by atoms with E-state index in [9.17, 15) is 14.4 Å². The van der Waals surface area contributed by atoms with Gasteiger partial charge < -0.3 is 23.9 Å². The van der Waals surface area contributed by atoms with E-state index < -0.39 is 0 Å². The number of furan rings is 1. The number of carbonyl (C=O) groups is 2. The third-order valence-corrected chi connectivity index (χ3v) is 5.91. The highest BCUT2D eigenvalue weighted by Crippen LogP contribution is 2.24. The van der Waals surface area contributed by atoms with Crippen molar-refractivity contribution in [3.05, 3.63) is 87.2 Å². The topological polar surface area (TPSA) is 93.8 Å². The molecule has 3 heterocycles. The average molecular weight is 450 g/mol. The van der Waals surface area contributed by atoms with E-state index >= 15 is 0 Å². The van der Waals surface area contributed by atoms with E-state index in [4.69, 9.17) is 9.15 Å². The summed E-state index contributed by atoms with van der Waals surface area (Å²) in [5, 5.41) is 2.92. The molecule has 0 saturated carbocycles. The van der Waals surface area contributed by atoms with Crippen LogP contribution in [0.25, 0.3) is 0 Å². The molecule has 2 amide bonds. The highest BCUT2D eigenvalue weighted by molar-refractivity contribution is 5.98. The van der Waals surface area contributed by atoms with Gasteiger partial charge in [-0.3, -0.25) is 14.4 Å².